The maximum absolute atomic E-state index is 13.1. The molecule has 3 aromatic rings. The summed E-state index contributed by atoms with van der Waals surface area (Å²) >= 11 is 0. The topological polar surface area (TPSA) is 107 Å². The fourth-order valence-electron chi connectivity index (χ4n) is 2.96. The molecule has 0 bridgehead atoms. The summed E-state index contributed by atoms with van der Waals surface area (Å²) in [5.41, 5.74) is 1.94. The van der Waals surface area contributed by atoms with Crippen molar-refractivity contribution in [1.29, 1.82) is 0 Å². The van der Waals surface area contributed by atoms with Gasteiger partial charge in [-0.1, -0.05) is 42.5 Å². The van der Waals surface area contributed by atoms with Gasteiger partial charge in [-0.05, 0) is 35.4 Å². The molecule has 0 atom stereocenters. The number of amides is 1. The molecule has 0 saturated carbocycles. The third kappa shape index (κ3) is 6.38. The summed E-state index contributed by atoms with van der Waals surface area (Å²) < 4.78 is 27.4. The molecule has 31 heavy (non-hydrogen) atoms. The van der Waals surface area contributed by atoms with E-state index in [1.54, 1.807) is 17.0 Å². The zero-order chi connectivity index (χ0) is 22.4. The van der Waals surface area contributed by atoms with Gasteiger partial charge in [0.1, 0.15) is 5.75 Å². The first-order valence-corrected chi connectivity index (χ1v) is 11.1. The molecule has 8 nitrogen and oxygen atoms in total. The Morgan fingerprint density at radius 3 is 1.97 bits per heavy atom. The molecular formula is C22H20N2O6S. The van der Waals surface area contributed by atoms with Gasteiger partial charge in [-0.2, -0.15) is 8.42 Å². The van der Waals surface area contributed by atoms with Crippen LogP contribution in [0.3, 0.4) is 0 Å². The summed E-state index contributed by atoms with van der Waals surface area (Å²) in [7, 11) is -3.63. The SMILES string of the molecule is CS(=O)(=O)Oc1ccc(CN(Cc2ccccc2)C(=O)c2ccc([N+](=O)[O-])cc2)cc1. The van der Waals surface area contributed by atoms with Gasteiger partial charge < -0.3 is 9.08 Å². The first-order valence-electron chi connectivity index (χ1n) is 9.27. The number of nitrogens with zero attached hydrogens (tertiary/aromatic N) is 2. The molecule has 0 unspecified atom stereocenters. The van der Waals surface area contributed by atoms with E-state index in [0.717, 1.165) is 17.4 Å². The van der Waals surface area contributed by atoms with Gasteiger partial charge in [0.25, 0.3) is 11.6 Å². The van der Waals surface area contributed by atoms with E-state index in [9.17, 15) is 23.3 Å². The molecular weight excluding hydrogens is 420 g/mol. The second-order valence-electron chi connectivity index (χ2n) is 6.88. The Morgan fingerprint density at radius 1 is 0.903 bits per heavy atom. The Morgan fingerprint density at radius 2 is 1.45 bits per heavy atom. The second kappa shape index (κ2) is 9.40. The fourth-order valence-corrected chi connectivity index (χ4v) is 3.42. The van der Waals surface area contributed by atoms with Gasteiger partial charge in [0.15, 0.2) is 0 Å². The molecule has 0 spiro atoms. The lowest BCUT2D eigenvalue weighted by Gasteiger charge is -2.23. The van der Waals surface area contributed by atoms with E-state index in [1.807, 2.05) is 30.3 Å². The highest BCUT2D eigenvalue weighted by molar-refractivity contribution is 7.86. The lowest BCUT2D eigenvalue weighted by atomic mass is 10.1. The van der Waals surface area contributed by atoms with E-state index in [0.29, 0.717) is 12.1 Å². The van der Waals surface area contributed by atoms with Gasteiger partial charge in [-0.15, -0.1) is 0 Å². The summed E-state index contributed by atoms with van der Waals surface area (Å²) in [6.45, 7) is 0.585. The molecule has 0 heterocycles. The van der Waals surface area contributed by atoms with Crippen LogP contribution in [0.1, 0.15) is 21.5 Å². The summed E-state index contributed by atoms with van der Waals surface area (Å²) in [6.07, 6.45) is 0.964. The maximum Gasteiger partial charge on any atom is 0.306 e. The zero-order valence-corrected chi connectivity index (χ0v) is 17.5. The summed E-state index contributed by atoms with van der Waals surface area (Å²) in [6, 6.07) is 21.3. The second-order valence-corrected chi connectivity index (χ2v) is 8.46. The van der Waals surface area contributed by atoms with Gasteiger partial charge >= 0.3 is 10.1 Å². The molecule has 0 aromatic heterocycles. The van der Waals surface area contributed by atoms with Crippen LogP contribution in [0.4, 0.5) is 5.69 Å². The molecule has 0 aliphatic carbocycles. The van der Waals surface area contributed by atoms with Crippen molar-refractivity contribution in [3.8, 4) is 5.75 Å². The molecule has 160 valence electrons. The minimum atomic E-state index is -3.63. The van der Waals surface area contributed by atoms with Crippen LogP contribution >= 0.6 is 0 Å². The molecule has 3 rings (SSSR count). The normalized spacial score (nSPS) is 11.0. The Kier molecular flexibility index (Phi) is 6.66. The largest absolute Gasteiger partial charge is 0.383 e. The number of hydrogen-bond acceptors (Lipinski definition) is 6. The third-order valence-corrected chi connectivity index (χ3v) is 4.87. The molecule has 9 heteroatoms. The average molecular weight is 440 g/mol. The van der Waals surface area contributed by atoms with Crippen molar-refractivity contribution in [3.05, 3.63) is 106 Å². The lowest BCUT2D eigenvalue weighted by Crippen LogP contribution is -2.30. The smallest absolute Gasteiger partial charge is 0.306 e. The molecule has 0 fully saturated rings. The van der Waals surface area contributed by atoms with E-state index in [1.165, 1.54) is 36.4 Å². The van der Waals surface area contributed by atoms with Crippen LogP contribution in [0.15, 0.2) is 78.9 Å². The third-order valence-electron chi connectivity index (χ3n) is 4.37. The molecule has 0 N–H and O–H groups in total. The molecule has 0 aliphatic heterocycles. The monoisotopic (exact) mass is 440 g/mol. The van der Waals surface area contributed by atoms with E-state index in [2.05, 4.69) is 0 Å². The summed E-state index contributed by atoms with van der Waals surface area (Å²) in [4.78, 5) is 25.1. The van der Waals surface area contributed by atoms with Gasteiger partial charge in [0, 0.05) is 30.8 Å². The van der Waals surface area contributed by atoms with Crippen LogP contribution in [-0.2, 0) is 23.2 Å². The van der Waals surface area contributed by atoms with Gasteiger partial charge in [0.2, 0.25) is 0 Å². The van der Waals surface area contributed by atoms with E-state index < -0.39 is 15.0 Å². The van der Waals surface area contributed by atoms with Crippen LogP contribution in [0, 0.1) is 10.1 Å². The molecule has 1 amide bonds. The first kappa shape index (κ1) is 22.0. The quantitative estimate of drug-likeness (QED) is 0.300. The number of hydrogen-bond donors (Lipinski definition) is 0. The number of non-ortho nitro benzene ring substituents is 1. The van der Waals surface area contributed by atoms with E-state index >= 15 is 0 Å². The van der Waals surface area contributed by atoms with Crippen molar-refractivity contribution < 1.29 is 22.3 Å². The fraction of sp³-hybridized carbons (Fsp3) is 0.136. The number of benzene rings is 3. The summed E-state index contributed by atoms with van der Waals surface area (Å²) in [5.74, 6) is -0.0993. The zero-order valence-electron chi connectivity index (χ0n) is 16.7. The predicted octanol–water partition coefficient (Wildman–Crippen LogP) is 3.78. The highest BCUT2D eigenvalue weighted by Crippen LogP contribution is 2.19. The van der Waals surface area contributed by atoms with E-state index in [-0.39, 0.29) is 23.9 Å². The molecule has 0 radical (unpaired) electrons. The standard InChI is InChI=1S/C22H20N2O6S/c1-31(28,29)30-21-13-7-18(8-14-21)16-23(15-17-5-3-2-4-6-17)22(25)19-9-11-20(12-10-19)24(26)27/h2-14H,15-16H2,1H3. The molecule has 0 saturated heterocycles. The number of rotatable bonds is 8. The van der Waals surface area contributed by atoms with Crippen molar-refractivity contribution in [1.82, 2.24) is 4.90 Å². The molecule has 0 aliphatic rings. The van der Waals surface area contributed by atoms with Crippen molar-refractivity contribution in [2.24, 2.45) is 0 Å². The minimum Gasteiger partial charge on any atom is -0.383 e. The van der Waals surface area contributed by atoms with Crippen LogP contribution in [0.2, 0.25) is 0 Å². The molecule has 3 aromatic carbocycles. The Hall–Kier alpha value is -3.72. The first-order chi connectivity index (χ1) is 14.7. The van der Waals surface area contributed by atoms with Gasteiger partial charge in [-0.3, -0.25) is 14.9 Å². The van der Waals surface area contributed by atoms with Crippen molar-refractivity contribution >= 4 is 21.7 Å². The Labute approximate surface area is 180 Å². The number of nitro groups is 1. The van der Waals surface area contributed by atoms with Crippen LogP contribution in [0.25, 0.3) is 0 Å². The average Bonchev–Trinajstić information content (AvgIpc) is 2.74. The van der Waals surface area contributed by atoms with Crippen LogP contribution in [0.5, 0.6) is 5.75 Å². The van der Waals surface area contributed by atoms with Gasteiger partial charge in [0.05, 0.1) is 11.2 Å². The van der Waals surface area contributed by atoms with Crippen molar-refractivity contribution in [2.45, 2.75) is 13.1 Å². The number of nitro benzene ring substituents is 1. The van der Waals surface area contributed by atoms with Crippen molar-refractivity contribution in [3.63, 3.8) is 0 Å². The van der Waals surface area contributed by atoms with E-state index in [4.69, 9.17) is 4.18 Å². The van der Waals surface area contributed by atoms with Crippen LogP contribution in [-0.4, -0.2) is 30.4 Å². The van der Waals surface area contributed by atoms with Crippen LogP contribution < -0.4 is 4.18 Å². The number of carbonyl (C=O) groups is 1. The number of carbonyl (C=O) groups excluding carboxylic acids is 1. The Bertz CT molecular complexity index is 1160. The summed E-state index contributed by atoms with van der Waals surface area (Å²) in [5, 5.41) is 10.9. The van der Waals surface area contributed by atoms with Crippen molar-refractivity contribution in [2.75, 3.05) is 6.26 Å². The van der Waals surface area contributed by atoms with Gasteiger partial charge in [-0.25, -0.2) is 0 Å². The minimum absolute atomic E-state index is 0.0902. The highest BCUT2D eigenvalue weighted by Gasteiger charge is 2.18. The maximum atomic E-state index is 13.1. The Balaban J connectivity index is 1.84. The predicted molar refractivity (Wildman–Crippen MR) is 115 cm³/mol. The highest BCUT2D eigenvalue weighted by atomic mass is 32.2. The lowest BCUT2D eigenvalue weighted by molar-refractivity contribution is -0.384.